The molecule has 0 saturated carbocycles. The summed E-state index contributed by atoms with van der Waals surface area (Å²) >= 11 is 0. The second kappa shape index (κ2) is 6.59. The van der Waals surface area contributed by atoms with E-state index in [1.807, 2.05) is 58.9 Å². The van der Waals surface area contributed by atoms with Gasteiger partial charge in [-0.1, -0.05) is 29.7 Å². The molecule has 113 valence electrons. The van der Waals surface area contributed by atoms with Crippen LogP contribution in [0.4, 0.5) is 0 Å². The lowest BCUT2D eigenvalue weighted by Gasteiger charge is -2.38. The van der Waals surface area contributed by atoms with Gasteiger partial charge in [-0.05, 0) is 58.7 Å². The molecule has 21 heavy (non-hydrogen) atoms. The van der Waals surface area contributed by atoms with E-state index in [1.165, 1.54) is 0 Å². The fourth-order valence-electron chi connectivity index (χ4n) is 1.53. The van der Waals surface area contributed by atoms with Crippen molar-refractivity contribution in [1.82, 2.24) is 0 Å². The van der Waals surface area contributed by atoms with Crippen molar-refractivity contribution in [3.8, 4) is 0 Å². The Hall–Kier alpha value is -1.39. The molecule has 3 nitrogen and oxygen atoms in total. The van der Waals surface area contributed by atoms with Gasteiger partial charge in [0, 0.05) is 5.54 Å². The zero-order valence-corrected chi connectivity index (χ0v) is 13.9. The molecule has 4 heteroatoms. The highest BCUT2D eigenvalue weighted by Gasteiger charge is 2.34. The maximum absolute atomic E-state index is 11.0. The van der Waals surface area contributed by atoms with Gasteiger partial charge in [0.25, 0.3) is 0 Å². The summed E-state index contributed by atoms with van der Waals surface area (Å²) in [5.74, 6) is 0.0419. The number of carbonyl (C=O) groups excluding carboxylic acids is 1. The van der Waals surface area contributed by atoms with Crippen LogP contribution in [0.25, 0.3) is 6.08 Å². The number of rotatable bonds is 6. The van der Waals surface area contributed by atoms with Crippen molar-refractivity contribution < 1.29 is 9.45 Å². The van der Waals surface area contributed by atoms with Crippen molar-refractivity contribution in [2.45, 2.75) is 52.7 Å². The lowest BCUT2D eigenvalue weighted by Crippen LogP contribution is -2.55. The first kappa shape index (κ1) is 17.7. The van der Waals surface area contributed by atoms with E-state index < -0.39 is 11.1 Å². The molecule has 0 fully saturated rings. The fourth-order valence-corrected chi connectivity index (χ4v) is 1.53. The molecule has 0 aromatic heterocycles. The van der Waals surface area contributed by atoms with Crippen LogP contribution in [0.15, 0.2) is 24.3 Å². The van der Waals surface area contributed by atoms with E-state index in [9.17, 15) is 4.79 Å². The predicted octanol–water partition coefficient (Wildman–Crippen LogP) is 2.37. The molecule has 0 aliphatic carbocycles. The highest BCUT2D eigenvalue weighted by molar-refractivity contribution is 6.47. The molecule has 1 radical (unpaired) electrons. The lowest BCUT2D eigenvalue weighted by atomic mass is 9.80. The van der Waals surface area contributed by atoms with Gasteiger partial charge < -0.3 is 10.4 Å². The molecule has 0 atom stereocenters. The van der Waals surface area contributed by atoms with Crippen LogP contribution in [0.3, 0.4) is 0 Å². The van der Waals surface area contributed by atoms with Gasteiger partial charge in [-0.3, -0.25) is 4.79 Å². The van der Waals surface area contributed by atoms with Crippen LogP contribution in [0.1, 0.15) is 45.7 Å². The molecular formula is C17H25BNO2. The third-order valence-electron chi connectivity index (χ3n) is 3.83. The molecule has 0 amide bonds. The Bertz CT molecular complexity index is 542. The van der Waals surface area contributed by atoms with Gasteiger partial charge in [-0.25, -0.2) is 0 Å². The Labute approximate surface area is 128 Å². The minimum atomic E-state index is -0.464. The van der Waals surface area contributed by atoms with E-state index in [4.69, 9.17) is 10.4 Å². The first-order valence-corrected chi connectivity index (χ1v) is 7.12. The average molecular weight is 286 g/mol. The highest BCUT2D eigenvalue weighted by atomic mass is 16.5. The summed E-state index contributed by atoms with van der Waals surface area (Å²) in [6, 6.07) is 5.97. The van der Waals surface area contributed by atoms with Crippen molar-refractivity contribution >= 4 is 24.8 Å². The SMILES string of the molecule is CC(=O)/C=C\c1ccc([B]OC(C)(C)C(C)(C)N)cc1C. The van der Waals surface area contributed by atoms with Crippen LogP contribution in [0.5, 0.6) is 0 Å². The zero-order chi connectivity index (χ0) is 16.3. The largest absolute Gasteiger partial charge is 0.428 e. The predicted molar refractivity (Wildman–Crippen MR) is 89.7 cm³/mol. The number of carbonyl (C=O) groups is 1. The Kier molecular flexibility index (Phi) is 5.54. The topological polar surface area (TPSA) is 52.3 Å². The number of aryl methyl sites for hydroxylation is 1. The molecule has 0 saturated heterocycles. The number of allylic oxidation sites excluding steroid dienone is 1. The number of nitrogens with two attached hydrogens (primary N) is 1. The second-order valence-electron chi connectivity index (χ2n) is 6.53. The third kappa shape index (κ3) is 5.14. The maximum atomic E-state index is 11.0. The van der Waals surface area contributed by atoms with Crippen molar-refractivity contribution in [3.63, 3.8) is 0 Å². The molecule has 1 rings (SSSR count). The van der Waals surface area contributed by atoms with Gasteiger partial charge in [-0.15, -0.1) is 0 Å². The van der Waals surface area contributed by atoms with Crippen LogP contribution < -0.4 is 11.2 Å². The Morgan fingerprint density at radius 3 is 2.38 bits per heavy atom. The molecular weight excluding hydrogens is 261 g/mol. The lowest BCUT2D eigenvalue weighted by molar-refractivity contribution is -0.112. The van der Waals surface area contributed by atoms with Crippen molar-refractivity contribution in [2.24, 2.45) is 5.73 Å². The molecule has 0 bridgehead atoms. The standard InChI is InChI=1S/C17H25BNO2/c1-12-11-15(10-9-14(12)8-7-13(2)20)18-21-17(5,6)16(3,4)19/h7-11H,19H2,1-6H3/b8-7-. The van der Waals surface area contributed by atoms with Crippen molar-refractivity contribution in [2.75, 3.05) is 0 Å². The number of hydrogen-bond donors (Lipinski definition) is 1. The number of benzene rings is 1. The summed E-state index contributed by atoms with van der Waals surface area (Å²) < 4.78 is 5.85. The fraction of sp³-hybridized carbons (Fsp3) is 0.471. The molecule has 0 unspecified atom stereocenters. The Morgan fingerprint density at radius 1 is 1.29 bits per heavy atom. The van der Waals surface area contributed by atoms with Crippen LogP contribution in [-0.4, -0.2) is 24.4 Å². The summed E-state index contributed by atoms with van der Waals surface area (Å²) in [4.78, 5) is 11.0. The van der Waals surface area contributed by atoms with E-state index in [0.717, 1.165) is 16.6 Å². The zero-order valence-electron chi connectivity index (χ0n) is 13.9. The molecule has 0 aliphatic rings. The highest BCUT2D eigenvalue weighted by Crippen LogP contribution is 2.22. The number of ketones is 1. The van der Waals surface area contributed by atoms with Gasteiger partial charge in [0.15, 0.2) is 5.78 Å². The molecule has 2 N–H and O–H groups in total. The first-order chi connectivity index (χ1) is 9.53. The first-order valence-electron chi connectivity index (χ1n) is 7.12. The maximum Gasteiger partial charge on any atom is 0.330 e. The molecule has 0 spiro atoms. The molecule has 1 aromatic rings. The van der Waals surface area contributed by atoms with E-state index in [0.29, 0.717) is 0 Å². The summed E-state index contributed by atoms with van der Waals surface area (Å²) in [5, 5.41) is 0. The molecule has 0 heterocycles. The second-order valence-corrected chi connectivity index (χ2v) is 6.53. The van der Waals surface area contributed by atoms with Crippen molar-refractivity contribution in [3.05, 3.63) is 35.4 Å². The van der Waals surface area contributed by atoms with Gasteiger partial charge in [-0.2, -0.15) is 0 Å². The summed E-state index contributed by atoms with van der Waals surface area (Å²) in [7, 11) is 1.74. The van der Waals surface area contributed by atoms with Gasteiger partial charge >= 0.3 is 7.48 Å². The van der Waals surface area contributed by atoms with Crippen LogP contribution >= 0.6 is 0 Å². The quantitative estimate of drug-likeness (QED) is 0.645. The number of hydrogen-bond acceptors (Lipinski definition) is 3. The van der Waals surface area contributed by atoms with Gasteiger partial charge in [0.05, 0.1) is 5.60 Å². The summed E-state index contributed by atoms with van der Waals surface area (Å²) in [6.45, 7) is 11.4. The van der Waals surface area contributed by atoms with E-state index in [1.54, 1.807) is 20.5 Å². The monoisotopic (exact) mass is 286 g/mol. The van der Waals surface area contributed by atoms with Crippen LogP contribution in [0, 0.1) is 6.92 Å². The van der Waals surface area contributed by atoms with Gasteiger partial charge in [0.1, 0.15) is 0 Å². The normalized spacial score (nSPS) is 12.7. The van der Waals surface area contributed by atoms with Crippen LogP contribution in [-0.2, 0) is 9.45 Å². The minimum absolute atomic E-state index is 0.0419. The summed E-state index contributed by atoms with van der Waals surface area (Å²) in [6.07, 6.45) is 3.40. The van der Waals surface area contributed by atoms with Gasteiger partial charge in [0.2, 0.25) is 0 Å². The Balaban J connectivity index is 2.79. The van der Waals surface area contributed by atoms with E-state index in [-0.39, 0.29) is 5.78 Å². The van der Waals surface area contributed by atoms with Crippen LogP contribution in [0.2, 0.25) is 0 Å². The summed E-state index contributed by atoms with van der Waals surface area (Å²) in [5.41, 5.74) is 8.30. The molecule has 1 aromatic carbocycles. The van der Waals surface area contributed by atoms with E-state index in [2.05, 4.69) is 0 Å². The molecule has 0 aliphatic heterocycles. The average Bonchev–Trinajstić information content (AvgIpc) is 2.33. The van der Waals surface area contributed by atoms with Crippen molar-refractivity contribution in [1.29, 1.82) is 0 Å². The third-order valence-corrected chi connectivity index (χ3v) is 3.83. The van der Waals surface area contributed by atoms with E-state index >= 15 is 0 Å². The smallest absolute Gasteiger partial charge is 0.330 e. The Morgan fingerprint density at radius 2 is 1.90 bits per heavy atom. The minimum Gasteiger partial charge on any atom is -0.428 e.